The number of hydrogen-bond acceptors (Lipinski definition) is 2. The summed E-state index contributed by atoms with van der Waals surface area (Å²) in [5.74, 6) is 0. The molecule has 0 atom stereocenters. The predicted molar refractivity (Wildman–Crippen MR) is 128 cm³/mol. The zero-order valence-electron chi connectivity index (χ0n) is 17.5. The lowest BCUT2D eigenvalue weighted by molar-refractivity contribution is 0.432. The summed E-state index contributed by atoms with van der Waals surface area (Å²) in [4.78, 5) is 4.83. The molecule has 0 aromatic heterocycles. The van der Waals surface area contributed by atoms with E-state index < -0.39 is 0 Å². The van der Waals surface area contributed by atoms with E-state index in [0.29, 0.717) is 0 Å². The average Bonchev–Trinajstić information content (AvgIpc) is 3.17. The van der Waals surface area contributed by atoms with Gasteiger partial charge in [-0.1, -0.05) is 78.4 Å². The highest BCUT2D eigenvalue weighted by molar-refractivity contribution is 7.73. The van der Waals surface area contributed by atoms with Crippen LogP contribution >= 0.6 is 7.92 Å². The maximum atomic E-state index is 2.44. The molecule has 1 aliphatic heterocycles. The van der Waals surface area contributed by atoms with Crippen molar-refractivity contribution in [2.75, 3.05) is 24.3 Å². The first-order valence-electron chi connectivity index (χ1n) is 10.3. The van der Waals surface area contributed by atoms with Gasteiger partial charge in [0.15, 0.2) is 0 Å². The van der Waals surface area contributed by atoms with Gasteiger partial charge in [0.05, 0.1) is 6.67 Å². The van der Waals surface area contributed by atoms with E-state index >= 15 is 0 Å². The van der Waals surface area contributed by atoms with Crippen molar-refractivity contribution in [3.63, 3.8) is 0 Å². The lowest BCUT2D eigenvalue weighted by Gasteiger charge is -2.26. The summed E-state index contributed by atoms with van der Waals surface area (Å²) >= 11 is 0. The fourth-order valence-electron chi connectivity index (χ4n) is 4.23. The number of aryl methyl sites for hydroxylation is 3. The summed E-state index contributed by atoms with van der Waals surface area (Å²) in [5.41, 5.74) is 5.39. The second-order valence-corrected chi connectivity index (χ2v) is 10.1. The Morgan fingerprint density at radius 3 is 1.86 bits per heavy atom. The maximum Gasteiger partial charge on any atom is 0.0942 e. The van der Waals surface area contributed by atoms with Gasteiger partial charge in [0, 0.05) is 24.6 Å². The molecule has 0 radical (unpaired) electrons. The molecule has 4 rings (SSSR count). The molecule has 29 heavy (non-hydrogen) atoms. The molecular formula is C26H29N2P. The topological polar surface area (TPSA) is 6.48 Å². The van der Waals surface area contributed by atoms with Crippen LogP contribution in [0.3, 0.4) is 0 Å². The lowest BCUT2D eigenvalue weighted by atomic mass is 10.0. The molecule has 3 aromatic carbocycles. The standard InChI is InChI=1S/C26H29N2P/c1-21-18-22(2)26(23(3)19-21)28-15-14-27(20-28)16-17-29(24-10-6-4-7-11-24)25-12-8-5-9-13-25/h4-15,18-19H,16-17,20H2,1-3H3. The molecule has 0 N–H and O–H groups in total. The van der Waals surface area contributed by atoms with Crippen LogP contribution < -0.4 is 15.5 Å². The highest BCUT2D eigenvalue weighted by Crippen LogP contribution is 2.34. The van der Waals surface area contributed by atoms with Crippen LogP contribution in [0.25, 0.3) is 0 Å². The number of benzene rings is 3. The van der Waals surface area contributed by atoms with E-state index in [2.05, 4.69) is 116 Å². The van der Waals surface area contributed by atoms with E-state index in [9.17, 15) is 0 Å². The molecule has 1 heterocycles. The van der Waals surface area contributed by atoms with Crippen LogP contribution in [0.5, 0.6) is 0 Å². The zero-order chi connectivity index (χ0) is 20.2. The molecule has 0 fully saturated rings. The van der Waals surface area contributed by atoms with E-state index in [-0.39, 0.29) is 7.92 Å². The van der Waals surface area contributed by atoms with Crippen LogP contribution in [0.4, 0.5) is 5.69 Å². The highest BCUT2D eigenvalue weighted by atomic mass is 31.1. The third-order valence-corrected chi connectivity index (χ3v) is 7.95. The molecule has 2 nitrogen and oxygen atoms in total. The Kier molecular flexibility index (Phi) is 6.02. The van der Waals surface area contributed by atoms with E-state index in [1.807, 2.05) is 0 Å². The zero-order valence-corrected chi connectivity index (χ0v) is 18.4. The molecule has 0 unspecified atom stereocenters. The van der Waals surface area contributed by atoms with Crippen molar-refractivity contribution in [3.8, 4) is 0 Å². The molecule has 0 amide bonds. The third-order valence-electron chi connectivity index (χ3n) is 5.46. The molecule has 0 saturated heterocycles. The van der Waals surface area contributed by atoms with Crippen LogP contribution in [0.15, 0.2) is 85.2 Å². The first kappa shape index (κ1) is 19.7. The summed E-state index contributed by atoms with van der Waals surface area (Å²) in [5, 5.41) is 2.91. The summed E-state index contributed by atoms with van der Waals surface area (Å²) < 4.78 is 0. The van der Waals surface area contributed by atoms with Crippen LogP contribution in [0, 0.1) is 20.8 Å². The minimum atomic E-state index is -0.346. The van der Waals surface area contributed by atoms with Gasteiger partial charge in [-0.3, -0.25) is 0 Å². The fraction of sp³-hybridized carbons (Fsp3) is 0.231. The molecule has 148 valence electrons. The molecule has 0 bridgehead atoms. The number of rotatable bonds is 6. The van der Waals surface area contributed by atoms with Gasteiger partial charge in [0.1, 0.15) is 0 Å². The Morgan fingerprint density at radius 2 is 1.31 bits per heavy atom. The van der Waals surface area contributed by atoms with Gasteiger partial charge in [0.25, 0.3) is 0 Å². The van der Waals surface area contributed by atoms with E-state index in [1.54, 1.807) is 0 Å². The summed E-state index contributed by atoms with van der Waals surface area (Å²) in [6, 6.07) is 26.5. The van der Waals surface area contributed by atoms with E-state index in [1.165, 1.54) is 33.0 Å². The van der Waals surface area contributed by atoms with Crippen molar-refractivity contribution in [1.82, 2.24) is 4.90 Å². The van der Waals surface area contributed by atoms with Crippen LogP contribution in [0.1, 0.15) is 16.7 Å². The van der Waals surface area contributed by atoms with Crippen molar-refractivity contribution < 1.29 is 0 Å². The molecule has 0 saturated carbocycles. The minimum absolute atomic E-state index is 0.346. The van der Waals surface area contributed by atoms with Gasteiger partial charge in [-0.25, -0.2) is 0 Å². The van der Waals surface area contributed by atoms with Gasteiger partial charge >= 0.3 is 0 Å². The van der Waals surface area contributed by atoms with Gasteiger partial charge in [0.2, 0.25) is 0 Å². The van der Waals surface area contributed by atoms with Crippen LogP contribution in [-0.4, -0.2) is 24.3 Å². The van der Waals surface area contributed by atoms with Gasteiger partial charge < -0.3 is 9.80 Å². The second-order valence-electron chi connectivity index (χ2n) is 7.79. The predicted octanol–water partition coefficient (Wildman–Crippen LogP) is 5.30. The van der Waals surface area contributed by atoms with Crippen molar-refractivity contribution in [1.29, 1.82) is 0 Å². The third kappa shape index (κ3) is 4.54. The lowest BCUT2D eigenvalue weighted by Crippen LogP contribution is -2.29. The Labute approximate surface area is 176 Å². The van der Waals surface area contributed by atoms with E-state index in [0.717, 1.165) is 19.4 Å². The van der Waals surface area contributed by atoms with Gasteiger partial charge in [-0.05, 0) is 56.6 Å². The van der Waals surface area contributed by atoms with Crippen molar-refractivity contribution >= 4 is 24.2 Å². The van der Waals surface area contributed by atoms with Crippen molar-refractivity contribution in [3.05, 3.63) is 102 Å². The summed E-state index contributed by atoms with van der Waals surface area (Å²) in [6.45, 7) is 8.60. The Morgan fingerprint density at radius 1 is 0.759 bits per heavy atom. The Bertz CT molecular complexity index is 920. The van der Waals surface area contributed by atoms with E-state index in [4.69, 9.17) is 0 Å². The molecule has 3 aromatic rings. The summed E-state index contributed by atoms with van der Waals surface area (Å²) in [7, 11) is -0.346. The molecule has 0 aliphatic carbocycles. The average molecular weight is 401 g/mol. The number of nitrogens with zero attached hydrogens (tertiary/aromatic N) is 2. The van der Waals surface area contributed by atoms with Crippen LogP contribution in [0.2, 0.25) is 0 Å². The normalized spacial score (nSPS) is 13.5. The number of anilines is 1. The molecule has 3 heteroatoms. The SMILES string of the molecule is Cc1cc(C)c(N2C=CN(CCP(c3ccccc3)c3ccccc3)C2)c(C)c1. The van der Waals surface area contributed by atoms with Crippen molar-refractivity contribution in [2.24, 2.45) is 0 Å². The second kappa shape index (κ2) is 8.84. The Hall–Kier alpha value is -2.57. The smallest absolute Gasteiger partial charge is 0.0942 e. The first-order valence-corrected chi connectivity index (χ1v) is 11.8. The monoisotopic (exact) mass is 400 g/mol. The Balaban J connectivity index is 1.47. The van der Waals surface area contributed by atoms with Gasteiger partial charge in [-0.15, -0.1) is 0 Å². The molecule has 1 aliphatic rings. The molecule has 0 spiro atoms. The quantitative estimate of drug-likeness (QED) is 0.519. The highest BCUT2D eigenvalue weighted by Gasteiger charge is 2.20. The van der Waals surface area contributed by atoms with Gasteiger partial charge in [-0.2, -0.15) is 0 Å². The minimum Gasteiger partial charge on any atom is -0.358 e. The van der Waals surface area contributed by atoms with Crippen LogP contribution in [-0.2, 0) is 0 Å². The number of hydrogen-bond donors (Lipinski definition) is 0. The largest absolute Gasteiger partial charge is 0.358 e. The molecular weight excluding hydrogens is 371 g/mol. The fourth-order valence-corrected chi connectivity index (χ4v) is 6.57. The van der Waals surface area contributed by atoms with Crippen molar-refractivity contribution in [2.45, 2.75) is 20.8 Å². The first-order chi connectivity index (χ1) is 14.1. The maximum absolute atomic E-state index is 2.44. The summed E-state index contributed by atoms with van der Waals surface area (Å²) in [6.07, 6.45) is 5.65.